The van der Waals surface area contributed by atoms with Crippen LogP contribution in [0.5, 0.6) is 0 Å². The number of carbonyl (C=O) groups is 1. The van der Waals surface area contributed by atoms with Gasteiger partial charge in [-0.25, -0.2) is 4.98 Å². The third-order valence-corrected chi connectivity index (χ3v) is 4.14. The van der Waals surface area contributed by atoms with E-state index in [9.17, 15) is 18.0 Å². The maximum Gasteiger partial charge on any atom is 0.434 e. The average molecular weight is 339 g/mol. The van der Waals surface area contributed by atoms with Crippen LogP contribution in [0.2, 0.25) is 0 Å². The SMILES string of the molecule is O=C1CCC(Cc2ccccc2)=NN1c1nc(C(F)(F)F)cs1. The number of carbonyl (C=O) groups excluding carboxylic acids is 1. The number of hydrogen-bond donors (Lipinski definition) is 0. The van der Waals surface area contributed by atoms with Gasteiger partial charge in [0.05, 0.1) is 0 Å². The van der Waals surface area contributed by atoms with Crippen molar-refractivity contribution in [2.75, 3.05) is 5.01 Å². The number of anilines is 1. The Labute approximate surface area is 134 Å². The van der Waals surface area contributed by atoms with E-state index < -0.39 is 11.9 Å². The smallest absolute Gasteiger partial charge is 0.272 e. The Morgan fingerprint density at radius 3 is 2.57 bits per heavy atom. The van der Waals surface area contributed by atoms with Crippen LogP contribution in [-0.4, -0.2) is 16.6 Å². The molecular weight excluding hydrogens is 327 g/mol. The van der Waals surface area contributed by atoms with E-state index in [0.717, 1.165) is 33.0 Å². The molecule has 1 aromatic heterocycles. The first-order valence-electron chi connectivity index (χ1n) is 6.89. The monoisotopic (exact) mass is 339 g/mol. The van der Waals surface area contributed by atoms with Crippen LogP contribution in [0.3, 0.4) is 0 Å². The fourth-order valence-electron chi connectivity index (χ4n) is 2.20. The van der Waals surface area contributed by atoms with Crippen molar-refractivity contribution in [1.82, 2.24) is 4.98 Å². The van der Waals surface area contributed by atoms with Crippen molar-refractivity contribution in [3.63, 3.8) is 0 Å². The van der Waals surface area contributed by atoms with Crippen LogP contribution in [0.15, 0.2) is 40.8 Å². The second-order valence-corrected chi connectivity index (χ2v) is 5.88. The second kappa shape index (κ2) is 6.11. The summed E-state index contributed by atoms with van der Waals surface area (Å²) < 4.78 is 37.9. The lowest BCUT2D eigenvalue weighted by atomic mass is 10.0. The molecule has 0 aliphatic carbocycles. The lowest BCUT2D eigenvalue weighted by molar-refractivity contribution is -0.140. The van der Waals surface area contributed by atoms with Crippen molar-refractivity contribution in [3.8, 4) is 0 Å². The summed E-state index contributed by atoms with van der Waals surface area (Å²) in [6.45, 7) is 0. The van der Waals surface area contributed by atoms with Crippen LogP contribution in [0.25, 0.3) is 0 Å². The predicted molar refractivity (Wildman–Crippen MR) is 81.4 cm³/mol. The number of benzene rings is 1. The molecule has 120 valence electrons. The lowest BCUT2D eigenvalue weighted by Crippen LogP contribution is -2.32. The molecule has 1 amide bonds. The minimum absolute atomic E-state index is 0.0485. The second-order valence-electron chi connectivity index (χ2n) is 5.05. The summed E-state index contributed by atoms with van der Waals surface area (Å²) in [5.74, 6) is -0.343. The number of rotatable bonds is 3. The molecule has 4 nitrogen and oxygen atoms in total. The van der Waals surface area contributed by atoms with Crippen LogP contribution in [0.4, 0.5) is 18.3 Å². The van der Waals surface area contributed by atoms with Gasteiger partial charge in [0.1, 0.15) is 0 Å². The minimum atomic E-state index is -4.52. The number of nitrogens with zero attached hydrogens (tertiary/aromatic N) is 3. The molecule has 0 saturated heterocycles. The van der Waals surface area contributed by atoms with E-state index in [1.807, 2.05) is 30.3 Å². The van der Waals surface area contributed by atoms with Crippen molar-refractivity contribution in [2.45, 2.75) is 25.4 Å². The highest BCUT2D eigenvalue weighted by Crippen LogP contribution is 2.34. The van der Waals surface area contributed by atoms with Gasteiger partial charge in [0.2, 0.25) is 11.0 Å². The van der Waals surface area contributed by atoms with Crippen LogP contribution in [-0.2, 0) is 17.4 Å². The fraction of sp³-hybridized carbons (Fsp3) is 0.267. The molecule has 1 aromatic carbocycles. The standard InChI is InChI=1S/C15H12F3N3OS/c16-15(17,18)12-9-23-14(19-12)21-13(22)7-6-11(20-21)8-10-4-2-1-3-5-10/h1-5,9H,6-8H2. The zero-order valence-corrected chi connectivity index (χ0v) is 12.7. The van der Waals surface area contributed by atoms with Crippen LogP contribution < -0.4 is 5.01 Å². The summed E-state index contributed by atoms with van der Waals surface area (Å²) in [7, 11) is 0. The number of aromatic nitrogens is 1. The Hall–Kier alpha value is -2.22. The number of amides is 1. The third kappa shape index (κ3) is 3.58. The molecule has 8 heteroatoms. The molecule has 0 unspecified atom stereocenters. The first-order valence-corrected chi connectivity index (χ1v) is 7.77. The van der Waals surface area contributed by atoms with Gasteiger partial charge in [-0.05, 0) is 12.0 Å². The zero-order valence-electron chi connectivity index (χ0n) is 11.9. The summed E-state index contributed by atoms with van der Waals surface area (Å²) >= 11 is 0.762. The van der Waals surface area contributed by atoms with Gasteiger partial charge >= 0.3 is 6.18 Å². The Bertz CT molecular complexity index is 740. The van der Waals surface area contributed by atoms with Gasteiger partial charge in [-0.2, -0.15) is 23.3 Å². The van der Waals surface area contributed by atoms with Crippen molar-refractivity contribution in [1.29, 1.82) is 0 Å². The van der Waals surface area contributed by atoms with E-state index in [1.54, 1.807) is 0 Å². The van der Waals surface area contributed by atoms with E-state index in [-0.39, 0.29) is 17.5 Å². The fourth-order valence-corrected chi connectivity index (χ4v) is 3.00. The quantitative estimate of drug-likeness (QED) is 0.852. The molecule has 1 aliphatic rings. The molecule has 0 saturated carbocycles. The summed E-state index contributed by atoms with van der Waals surface area (Å²) in [4.78, 5) is 15.4. The number of hydrazone groups is 1. The summed E-state index contributed by atoms with van der Waals surface area (Å²) in [5.41, 5.74) is 0.783. The first-order chi connectivity index (χ1) is 10.9. The molecular formula is C15H12F3N3OS. The number of thiazole rings is 1. The molecule has 1 aliphatic heterocycles. The summed E-state index contributed by atoms with van der Waals surface area (Å²) in [6.07, 6.45) is -3.25. The molecule has 0 radical (unpaired) electrons. The highest BCUT2D eigenvalue weighted by atomic mass is 32.1. The van der Waals surface area contributed by atoms with Crippen LogP contribution in [0, 0.1) is 0 Å². The molecule has 23 heavy (non-hydrogen) atoms. The number of halogens is 3. The molecule has 0 atom stereocenters. The van der Waals surface area contributed by atoms with E-state index in [1.165, 1.54) is 0 Å². The largest absolute Gasteiger partial charge is 0.434 e. The van der Waals surface area contributed by atoms with Crippen LogP contribution in [0.1, 0.15) is 24.1 Å². The van der Waals surface area contributed by atoms with Gasteiger partial charge < -0.3 is 0 Å². The highest BCUT2D eigenvalue weighted by molar-refractivity contribution is 7.14. The van der Waals surface area contributed by atoms with E-state index in [4.69, 9.17) is 0 Å². The van der Waals surface area contributed by atoms with Gasteiger partial charge in [-0.15, -0.1) is 11.3 Å². The van der Waals surface area contributed by atoms with Gasteiger partial charge in [-0.1, -0.05) is 30.3 Å². The number of hydrogen-bond acceptors (Lipinski definition) is 4. The van der Waals surface area contributed by atoms with Crippen molar-refractivity contribution >= 4 is 28.1 Å². The molecule has 0 N–H and O–H groups in total. The highest BCUT2D eigenvalue weighted by Gasteiger charge is 2.35. The van der Waals surface area contributed by atoms with Crippen molar-refractivity contribution in [2.24, 2.45) is 5.10 Å². The topological polar surface area (TPSA) is 45.6 Å². The molecule has 2 heterocycles. The summed E-state index contributed by atoms with van der Waals surface area (Å²) in [6, 6.07) is 9.58. The van der Waals surface area contributed by atoms with E-state index in [0.29, 0.717) is 12.8 Å². The first kappa shape index (κ1) is 15.7. The predicted octanol–water partition coefficient (Wildman–Crippen LogP) is 3.89. The Morgan fingerprint density at radius 1 is 1.17 bits per heavy atom. The Balaban J connectivity index is 1.84. The van der Waals surface area contributed by atoms with Crippen molar-refractivity contribution < 1.29 is 18.0 Å². The summed E-state index contributed by atoms with van der Waals surface area (Å²) in [5, 5.41) is 6.04. The molecule has 2 aromatic rings. The van der Waals surface area contributed by atoms with Gasteiger partial charge in [0.25, 0.3) is 0 Å². The minimum Gasteiger partial charge on any atom is -0.272 e. The average Bonchev–Trinajstić information content (AvgIpc) is 3.00. The third-order valence-electron chi connectivity index (χ3n) is 3.32. The molecule has 0 spiro atoms. The van der Waals surface area contributed by atoms with Gasteiger partial charge in [0, 0.05) is 23.9 Å². The lowest BCUT2D eigenvalue weighted by Gasteiger charge is -2.21. The molecule has 3 rings (SSSR count). The Kier molecular flexibility index (Phi) is 4.16. The maximum absolute atomic E-state index is 12.6. The van der Waals surface area contributed by atoms with Gasteiger partial charge in [-0.3, -0.25) is 4.79 Å². The maximum atomic E-state index is 12.6. The zero-order chi connectivity index (χ0) is 16.4. The number of alkyl halides is 3. The van der Waals surface area contributed by atoms with Crippen LogP contribution >= 0.6 is 11.3 Å². The Morgan fingerprint density at radius 2 is 1.91 bits per heavy atom. The molecule has 0 bridgehead atoms. The molecule has 0 fully saturated rings. The van der Waals surface area contributed by atoms with Gasteiger partial charge in [0.15, 0.2) is 5.69 Å². The van der Waals surface area contributed by atoms with E-state index in [2.05, 4.69) is 10.1 Å². The van der Waals surface area contributed by atoms with Crippen molar-refractivity contribution in [3.05, 3.63) is 47.0 Å². The normalized spacial score (nSPS) is 15.7. The van der Waals surface area contributed by atoms with E-state index >= 15 is 0 Å².